The van der Waals surface area contributed by atoms with Gasteiger partial charge in [-0.1, -0.05) is 37.8 Å². The molecular weight excluding hydrogens is 282 g/mol. The average molecular weight is 310 g/mol. The molecule has 0 spiro atoms. The van der Waals surface area contributed by atoms with Gasteiger partial charge < -0.3 is 10.1 Å². The molecule has 2 unspecified atom stereocenters. The number of halogens is 1. The standard InChI is InChI=1S/C18H28ClNO/c1-3-11-20-13-14-7-5-4-6-8-16(14)17-12-15(19)9-10-18(17)21-2/h9-10,12,14,16,20H,3-8,11,13H2,1-2H3. The number of hydrogen-bond acceptors (Lipinski definition) is 2. The first-order valence-corrected chi connectivity index (χ1v) is 8.68. The van der Waals surface area contributed by atoms with E-state index in [-0.39, 0.29) is 0 Å². The molecule has 0 bridgehead atoms. The zero-order chi connectivity index (χ0) is 15.1. The Morgan fingerprint density at radius 3 is 2.81 bits per heavy atom. The molecule has 0 aliphatic heterocycles. The smallest absolute Gasteiger partial charge is 0.122 e. The van der Waals surface area contributed by atoms with E-state index in [1.165, 1.54) is 44.1 Å². The van der Waals surface area contributed by atoms with Crippen LogP contribution in [-0.2, 0) is 0 Å². The Bertz CT molecular complexity index is 435. The van der Waals surface area contributed by atoms with Crippen molar-refractivity contribution >= 4 is 11.6 Å². The average Bonchev–Trinajstić information content (AvgIpc) is 2.73. The van der Waals surface area contributed by atoms with Crippen molar-refractivity contribution in [3.8, 4) is 5.75 Å². The molecule has 1 N–H and O–H groups in total. The molecule has 1 aromatic rings. The van der Waals surface area contributed by atoms with Crippen LogP contribution in [-0.4, -0.2) is 20.2 Å². The lowest BCUT2D eigenvalue weighted by Gasteiger charge is -2.27. The van der Waals surface area contributed by atoms with Crippen LogP contribution in [0.15, 0.2) is 18.2 Å². The third-order valence-corrected chi connectivity index (χ3v) is 4.82. The van der Waals surface area contributed by atoms with Crippen LogP contribution < -0.4 is 10.1 Å². The summed E-state index contributed by atoms with van der Waals surface area (Å²) >= 11 is 6.24. The number of benzene rings is 1. The normalized spacial score (nSPS) is 22.8. The number of hydrogen-bond donors (Lipinski definition) is 1. The summed E-state index contributed by atoms with van der Waals surface area (Å²) in [5.74, 6) is 2.24. The first-order chi connectivity index (χ1) is 10.3. The molecule has 0 aromatic heterocycles. The van der Waals surface area contributed by atoms with Crippen molar-refractivity contribution in [1.82, 2.24) is 5.32 Å². The van der Waals surface area contributed by atoms with Crippen molar-refractivity contribution in [3.63, 3.8) is 0 Å². The Morgan fingerprint density at radius 2 is 2.05 bits per heavy atom. The van der Waals surface area contributed by atoms with E-state index in [0.717, 1.165) is 23.9 Å². The van der Waals surface area contributed by atoms with Gasteiger partial charge in [0.25, 0.3) is 0 Å². The fraction of sp³-hybridized carbons (Fsp3) is 0.667. The minimum Gasteiger partial charge on any atom is -0.496 e. The van der Waals surface area contributed by atoms with Crippen LogP contribution in [0.4, 0.5) is 0 Å². The summed E-state index contributed by atoms with van der Waals surface area (Å²) in [5.41, 5.74) is 1.30. The Labute approximate surface area is 134 Å². The zero-order valence-electron chi connectivity index (χ0n) is 13.3. The van der Waals surface area contributed by atoms with Crippen molar-refractivity contribution in [1.29, 1.82) is 0 Å². The summed E-state index contributed by atoms with van der Waals surface area (Å²) in [6, 6.07) is 6.05. The zero-order valence-corrected chi connectivity index (χ0v) is 14.1. The molecule has 21 heavy (non-hydrogen) atoms. The van der Waals surface area contributed by atoms with Gasteiger partial charge >= 0.3 is 0 Å². The maximum atomic E-state index is 6.24. The summed E-state index contributed by atoms with van der Waals surface area (Å²) in [4.78, 5) is 0. The van der Waals surface area contributed by atoms with E-state index < -0.39 is 0 Å². The molecule has 0 heterocycles. The molecule has 2 rings (SSSR count). The van der Waals surface area contributed by atoms with Crippen LogP contribution in [0.3, 0.4) is 0 Å². The minimum absolute atomic E-state index is 0.561. The molecule has 1 aromatic carbocycles. The van der Waals surface area contributed by atoms with E-state index in [1.807, 2.05) is 12.1 Å². The second-order valence-corrected chi connectivity index (χ2v) is 6.53. The van der Waals surface area contributed by atoms with Crippen LogP contribution >= 0.6 is 11.6 Å². The second kappa shape index (κ2) is 8.65. The van der Waals surface area contributed by atoms with Crippen molar-refractivity contribution in [2.24, 2.45) is 5.92 Å². The van der Waals surface area contributed by atoms with E-state index in [0.29, 0.717) is 11.8 Å². The number of ether oxygens (including phenoxy) is 1. The van der Waals surface area contributed by atoms with E-state index in [4.69, 9.17) is 16.3 Å². The SMILES string of the molecule is CCCNCC1CCCCCC1c1cc(Cl)ccc1OC. The minimum atomic E-state index is 0.561. The largest absolute Gasteiger partial charge is 0.496 e. The maximum absolute atomic E-state index is 6.24. The molecule has 0 amide bonds. The van der Waals surface area contributed by atoms with Gasteiger partial charge in [-0.15, -0.1) is 0 Å². The highest BCUT2D eigenvalue weighted by molar-refractivity contribution is 6.30. The fourth-order valence-electron chi connectivity index (χ4n) is 3.50. The van der Waals surface area contributed by atoms with Gasteiger partial charge in [0.2, 0.25) is 0 Å². The summed E-state index contributed by atoms with van der Waals surface area (Å²) in [6.45, 7) is 4.43. The Hall–Kier alpha value is -0.730. The Balaban J connectivity index is 2.20. The molecule has 2 nitrogen and oxygen atoms in total. The summed E-state index contributed by atoms with van der Waals surface area (Å²) in [5, 5.41) is 4.43. The topological polar surface area (TPSA) is 21.3 Å². The van der Waals surface area contributed by atoms with Crippen LogP contribution in [0.1, 0.15) is 56.9 Å². The van der Waals surface area contributed by atoms with Crippen LogP contribution in [0.5, 0.6) is 5.75 Å². The van der Waals surface area contributed by atoms with Gasteiger partial charge in [0, 0.05) is 5.02 Å². The molecular formula is C18H28ClNO. The predicted molar refractivity (Wildman–Crippen MR) is 90.5 cm³/mol. The van der Waals surface area contributed by atoms with Gasteiger partial charge in [-0.25, -0.2) is 0 Å². The molecule has 1 fully saturated rings. The third kappa shape index (κ3) is 4.62. The van der Waals surface area contributed by atoms with Gasteiger partial charge in [-0.3, -0.25) is 0 Å². The summed E-state index contributed by atoms with van der Waals surface area (Å²) in [7, 11) is 1.76. The highest BCUT2D eigenvalue weighted by atomic mass is 35.5. The monoisotopic (exact) mass is 309 g/mol. The van der Waals surface area contributed by atoms with Crippen molar-refractivity contribution in [3.05, 3.63) is 28.8 Å². The summed E-state index contributed by atoms with van der Waals surface area (Å²) < 4.78 is 5.59. The van der Waals surface area contributed by atoms with Gasteiger partial charge in [-0.2, -0.15) is 0 Å². The van der Waals surface area contributed by atoms with Gasteiger partial charge in [0.1, 0.15) is 5.75 Å². The molecule has 0 radical (unpaired) electrons. The van der Waals surface area contributed by atoms with Crippen molar-refractivity contribution < 1.29 is 4.74 Å². The molecule has 0 saturated heterocycles. The van der Waals surface area contributed by atoms with Crippen LogP contribution in [0.2, 0.25) is 5.02 Å². The molecule has 1 saturated carbocycles. The fourth-order valence-corrected chi connectivity index (χ4v) is 3.68. The first kappa shape index (κ1) is 16.6. The lowest BCUT2D eigenvalue weighted by molar-refractivity contribution is 0.354. The van der Waals surface area contributed by atoms with Crippen molar-refractivity contribution in [2.45, 2.75) is 51.4 Å². The van der Waals surface area contributed by atoms with Gasteiger partial charge in [0.05, 0.1) is 7.11 Å². The quantitative estimate of drug-likeness (QED) is 0.589. The first-order valence-electron chi connectivity index (χ1n) is 8.30. The Kier molecular flexibility index (Phi) is 6.85. The number of methoxy groups -OCH3 is 1. The molecule has 1 aliphatic carbocycles. The number of rotatable bonds is 6. The number of nitrogens with one attached hydrogen (secondary N) is 1. The molecule has 2 atom stereocenters. The van der Waals surface area contributed by atoms with E-state index >= 15 is 0 Å². The molecule has 118 valence electrons. The lowest BCUT2D eigenvalue weighted by atomic mass is 9.82. The second-order valence-electron chi connectivity index (χ2n) is 6.09. The predicted octanol–water partition coefficient (Wildman–Crippen LogP) is 5.01. The van der Waals surface area contributed by atoms with E-state index in [1.54, 1.807) is 7.11 Å². The Morgan fingerprint density at radius 1 is 1.24 bits per heavy atom. The molecule has 3 heteroatoms. The maximum Gasteiger partial charge on any atom is 0.122 e. The highest BCUT2D eigenvalue weighted by Crippen LogP contribution is 2.41. The van der Waals surface area contributed by atoms with Crippen LogP contribution in [0.25, 0.3) is 0 Å². The highest BCUT2D eigenvalue weighted by Gasteiger charge is 2.27. The lowest BCUT2D eigenvalue weighted by Crippen LogP contribution is -2.27. The van der Waals surface area contributed by atoms with Crippen molar-refractivity contribution in [2.75, 3.05) is 20.2 Å². The molecule has 1 aliphatic rings. The van der Waals surface area contributed by atoms with Gasteiger partial charge in [-0.05, 0) is 68.0 Å². The third-order valence-electron chi connectivity index (χ3n) is 4.58. The van der Waals surface area contributed by atoms with E-state index in [9.17, 15) is 0 Å². The summed E-state index contributed by atoms with van der Waals surface area (Å²) in [6.07, 6.45) is 7.75. The van der Waals surface area contributed by atoms with Crippen LogP contribution in [0, 0.1) is 5.92 Å². The van der Waals surface area contributed by atoms with E-state index in [2.05, 4.69) is 18.3 Å². The van der Waals surface area contributed by atoms with Gasteiger partial charge in [0.15, 0.2) is 0 Å².